The zero-order chi connectivity index (χ0) is 8.58. The molecule has 0 aromatic carbocycles. The van der Waals surface area contributed by atoms with Crippen LogP contribution in [0.15, 0.2) is 0 Å². The molecule has 0 fully saturated rings. The molecule has 0 unspecified atom stereocenters. The Labute approximate surface area is 85.8 Å². The van der Waals surface area contributed by atoms with Gasteiger partial charge in [-0.05, 0) is 13.6 Å². The average Bonchev–Trinajstić information content (AvgIpc) is 1.59. The summed E-state index contributed by atoms with van der Waals surface area (Å²) >= 11 is 28.4. The maximum absolute atomic E-state index is 5.78. The van der Waals surface area contributed by atoms with Gasteiger partial charge in [0.05, 0.1) is 0 Å². The van der Waals surface area contributed by atoms with Gasteiger partial charge in [-0.25, -0.2) is 0 Å². The van der Waals surface area contributed by atoms with Gasteiger partial charge in [-0.1, -0.05) is 0 Å². The van der Waals surface area contributed by atoms with Crippen molar-refractivity contribution in [1.82, 2.24) is 4.23 Å². The van der Waals surface area contributed by atoms with Crippen LogP contribution in [-0.4, -0.2) is 24.3 Å². The molecule has 0 saturated heterocycles. The lowest BCUT2D eigenvalue weighted by atomic mass is 11.6. The molecule has 62 valence electrons. The molecule has 0 aliphatic rings. The Bertz CT molecular complexity index is 102. The molecule has 0 aliphatic carbocycles. The fourth-order valence-corrected chi connectivity index (χ4v) is 11.2. The van der Waals surface area contributed by atoms with Gasteiger partial charge in [0, 0.05) is 0 Å². The van der Waals surface area contributed by atoms with Crippen molar-refractivity contribution >= 4 is 68.4 Å². The third-order valence-corrected chi connectivity index (χ3v) is 11.2. The van der Waals surface area contributed by atoms with Crippen molar-refractivity contribution in [3.05, 3.63) is 0 Å². The minimum absolute atomic E-state index is 1.48. The van der Waals surface area contributed by atoms with Crippen LogP contribution in [0.2, 0.25) is 6.55 Å². The van der Waals surface area contributed by atoms with E-state index in [0.717, 1.165) is 0 Å². The molecule has 0 amide bonds. The molecule has 0 atom stereocenters. The van der Waals surface area contributed by atoms with Gasteiger partial charge in [-0.2, -0.15) is 0 Å². The summed E-state index contributed by atoms with van der Waals surface area (Å²) in [4.78, 5) is 0. The van der Waals surface area contributed by atoms with E-state index >= 15 is 0 Å². The van der Waals surface area contributed by atoms with Crippen LogP contribution in [0.5, 0.6) is 0 Å². The molecule has 0 bridgehead atoms. The molecule has 0 rings (SSSR count). The highest BCUT2D eigenvalue weighted by molar-refractivity contribution is 7.67. The monoisotopic (exact) mass is 275 g/mol. The molecule has 0 aliphatic heterocycles. The van der Waals surface area contributed by atoms with E-state index in [1.807, 2.05) is 0 Å². The molecule has 0 heterocycles. The van der Waals surface area contributed by atoms with Gasteiger partial charge in [0.1, 0.15) is 0 Å². The first-order valence-corrected chi connectivity index (χ1v) is 11.8. The fraction of sp³-hybridized carbons (Fsp3) is 1.00. The lowest BCUT2D eigenvalue weighted by molar-refractivity contribution is 0.836. The summed E-state index contributed by atoms with van der Waals surface area (Å²) < 4.78 is 1.48. The topological polar surface area (TPSA) is 3.24 Å². The second-order valence-electron chi connectivity index (χ2n) is 1.87. The minimum atomic E-state index is -2.85. The lowest BCUT2D eigenvalue weighted by Crippen LogP contribution is -2.50. The summed E-state index contributed by atoms with van der Waals surface area (Å²) in [5.74, 6) is 0. The predicted octanol–water partition coefficient (Wildman–Crippen LogP) is 3.12. The Hall–Kier alpha value is 1.84. The number of nitrogens with zero attached hydrogens (tertiary/aromatic N) is 1. The van der Waals surface area contributed by atoms with Crippen molar-refractivity contribution in [2.24, 2.45) is 0 Å². The first-order chi connectivity index (χ1) is 4.15. The van der Waals surface area contributed by atoms with Gasteiger partial charge in [-0.3, -0.25) is 4.23 Å². The Kier molecular flexibility index (Phi) is 4.39. The van der Waals surface area contributed by atoms with Crippen LogP contribution in [0.4, 0.5) is 0 Å². The molecule has 1 nitrogen and oxygen atoms in total. The van der Waals surface area contributed by atoms with E-state index in [-0.39, 0.29) is 0 Å². The third-order valence-electron chi connectivity index (χ3n) is 0.969. The SMILES string of the molecule is CN([Si](C)(Cl)Cl)[Si](Cl)(Cl)Cl. The van der Waals surface area contributed by atoms with Gasteiger partial charge in [0.25, 0.3) is 0 Å². The number of hydrogen-bond acceptors (Lipinski definition) is 1. The highest BCUT2D eigenvalue weighted by Crippen LogP contribution is 2.31. The van der Waals surface area contributed by atoms with E-state index < -0.39 is 13.0 Å². The van der Waals surface area contributed by atoms with Gasteiger partial charge >= 0.3 is 13.0 Å². The Morgan fingerprint density at radius 2 is 1.30 bits per heavy atom. The molecular formula is C2H6Cl5NSi2. The summed E-state index contributed by atoms with van der Waals surface area (Å²) in [5, 5.41) is 0. The van der Waals surface area contributed by atoms with Crippen molar-refractivity contribution in [3.8, 4) is 0 Å². The van der Waals surface area contributed by atoms with E-state index in [9.17, 15) is 0 Å². The molecule has 10 heavy (non-hydrogen) atoms. The normalized spacial score (nSPS) is 14.4. The second-order valence-corrected chi connectivity index (χ2v) is 17.9. The van der Waals surface area contributed by atoms with E-state index in [1.165, 1.54) is 4.23 Å². The largest absolute Gasteiger partial charge is 0.419 e. The average molecular weight is 278 g/mol. The molecule has 0 aromatic heterocycles. The quantitative estimate of drug-likeness (QED) is 0.554. The second kappa shape index (κ2) is 3.70. The summed E-state index contributed by atoms with van der Waals surface area (Å²) in [6.45, 7) is -0.767. The molecule has 0 N–H and O–H groups in total. The van der Waals surface area contributed by atoms with Crippen LogP contribution in [0.25, 0.3) is 0 Å². The molecular weight excluding hydrogens is 271 g/mol. The van der Waals surface area contributed by atoms with Gasteiger partial charge in [0.2, 0.25) is 0 Å². The lowest BCUT2D eigenvalue weighted by Gasteiger charge is -2.29. The zero-order valence-corrected chi connectivity index (χ0v) is 11.1. The molecule has 8 heteroatoms. The van der Waals surface area contributed by atoms with Gasteiger partial charge in [-0.15, -0.1) is 55.4 Å². The van der Waals surface area contributed by atoms with E-state index in [4.69, 9.17) is 55.4 Å². The molecule has 0 saturated carbocycles. The fourth-order valence-electron chi connectivity index (χ4n) is 0.223. The predicted molar refractivity (Wildman–Crippen MR) is 54.4 cm³/mol. The molecule has 0 radical (unpaired) electrons. The third kappa shape index (κ3) is 4.02. The Morgan fingerprint density at radius 1 is 1.00 bits per heavy atom. The Balaban J connectivity index is 4.23. The smallest absolute Gasteiger partial charge is 0.288 e. The van der Waals surface area contributed by atoms with Crippen LogP contribution >= 0.6 is 55.4 Å². The summed E-state index contributed by atoms with van der Waals surface area (Å²) in [6.07, 6.45) is -2.85. The van der Waals surface area contributed by atoms with Crippen molar-refractivity contribution in [2.45, 2.75) is 6.55 Å². The van der Waals surface area contributed by atoms with E-state index in [2.05, 4.69) is 0 Å². The number of rotatable bonds is 2. The summed E-state index contributed by atoms with van der Waals surface area (Å²) in [6, 6.07) is 0. The summed E-state index contributed by atoms with van der Waals surface area (Å²) in [7, 11) is 1.63. The Morgan fingerprint density at radius 3 is 1.30 bits per heavy atom. The zero-order valence-electron chi connectivity index (χ0n) is 5.34. The highest BCUT2D eigenvalue weighted by Gasteiger charge is 2.43. The van der Waals surface area contributed by atoms with Crippen molar-refractivity contribution in [2.75, 3.05) is 7.05 Å². The van der Waals surface area contributed by atoms with E-state index in [0.29, 0.717) is 0 Å². The first-order valence-electron chi connectivity index (χ1n) is 2.34. The van der Waals surface area contributed by atoms with Crippen LogP contribution in [-0.2, 0) is 0 Å². The molecule has 0 aromatic rings. The van der Waals surface area contributed by atoms with Crippen LogP contribution in [0.3, 0.4) is 0 Å². The number of halogens is 5. The van der Waals surface area contributed by atoms with Crippen LogP contribution in [0, 0.1) is 0 Å². The summed E-state index contributed by atoms with van der Waals surface area (Å²) in [5.41, 5.74) is 0. The van der Waals surface area contributed by atoms with Crippen molar-refractivity contribution < 1.29 is 0 Å². The van der Waals surface area contributed by atoms with Crippen LogP contribution < -0.4 is 0 Å². The van der Waals surface area contributed by atoms with E-state index in [1.54, 1.807) is 13.6 Å². The molecule has 0 spiro atoms. The maximum atomic E-state index is 5.78. The maximum Gasteiger partial charge on any atom is 0.419 e. The van der Waals surface area contributed by atoms with Gasteiger partial charge in [0.15, 0.2) is 0 Å². The van der Waals surface area contributed by atoms with Gasteiger partial charge < -0.3 is 0 Å². The highest BCUT2D eigenvalue weighted by atomic mass is 35.8. The van der Waals surface area contributed by atoms with Crippen molar-refractivity contribution in [3.63, 3.8) is 0 Å². The standard InChI is InChI=1S/C2H6Cl5NSi2/c1-8(9(2,3)4)10(5,6)7/h1-2H3. The first kappa shape index (κ1) is 11.8. The van der Waals surface area contributed by atoms with Crippen LogP contribution in [0.1, 0.15) is 0 Å². The number of hydrogen-bond donors (Lipinski definition) is 0. The minimum Gasteiger partial charge on any atom is -0.288 e. The van der Waals surface area contributed by atoms with Crippen molar-refractivity contribution in [1.29, 1.82) is 0 Å².